The molecular weight excluding hydrogens is 290 g/mol. The van der Waals surface area contributed by atoms with Crippen molar-refractivity contribution < 1.29 is 0 Å². The standard InChI is InChI=1S/C15H19N3S.ClH/c1-9(2)15-17-13-7-16-5-4-12(13)14(18-15)11-6-10(3)19-8-11;/h6,8-9,16H,4-5,7H2,1-3H3;1H. The van der Waals surface area contributed by atoms with E-state index in [9.17, 15) is 0 Å². The summed E-state index contributed by atoms with van der Waals surface area (Å²) in [5.74, 6) is 1.33. The molecule has 5 heteroatoms. The van der Waals surface area contributed by atoms with Gasteiger partial charge in [-0.3, -0.25) is 0 Å². The van der Waals surface area contributed by atoms with Gasteiger partial charge >= 0.3 is 0 Å². The van der Waals surface area contributed by atoms with Crippen molar-refractivity contribution in [3.05, 3.63) is 33.4 Å². The van der Waals surface area contributed by atoms with Gasteiger partial charge < -0.3 is 5.32 Å². The molecule has 0 unspecified atom stereocenters. The maximum atomic E-state index is 4.84. The maximum Gasteiger partial charge on any atom is 0.131 e. The van der Waals surface area contributed by atoms with Crippen LogP contribution in [0.4, 0.5) is 0 Å². The number of halogens is 1. The lowest BCUT2D eigenvalue weighted by atomic mass is 10.00. The zero-order valence-corrected chi connectivity index (χ0v) is 13.7. The lowest BCUT2D eigenvalue weighted by Gasteiger charge is -2.20. The summed E-state index contributed by atoms with van der Waals surface area (Å²) in [6, 6.07) is 2.24. The predicted molar refractivity (Wildman–Crippen MR) is 86.8 cm³/mol. The van der Waals surface area contributed by atoms with Crippen LogP contribution in [0, 0.1) is 6.92 Å². The summed E-state index contributed by atoms with van der Waals surface area (Å²) in [5, 5.41) is 5.62. The van der Waals surface area contributed by atoms with Crippen molar-refractivity contribution in [2.45, 2.75) is 39.7 Å². The van der Waals surface area contributed by atoms with Gasteiger partial charge in [0.2, 0.25) is 0 Å². The van der Waals surface area contributed by atoms with Crippen molar-refractivity contribution in [2.24, 2.45) is 0 Å². The van der Waals surface area contributed by atoms with E-state index in [-0.39, 0.29) is 12.4 Å². The van der Waals surface area contributed by atoms with Crippen molar-refractivity contribution >= 4 is 23.7 Å². The Morgan fingerprint density at radius 3 is 2.75 bits per heavy atom. The number of hydrogen-bond acceptors (Lipinski definition) is 4. The Hall–Kier alpha value is -0.970. The summed E-state index contributed by atoms with van der Waals surface area (Å²) in [4.78, 5) is 10.9. The summed E-state index contributed by atoms with van der Waals surface area (Å²) in [7, 11) is 0. The van der Waals surface area contributed by atoms with Crippen molar-refractivity contribution in [3.8, 4) is 11.3 Å². The zero-order valence-electron chi connectivity index (χ0n) is 12.1. The first-order valence-electron chi connectivity index (χ1n) is 6.81. The smallest absolute Gasteiger partial charge is 0.131 e. The second-order valence-electron chi connectivity index (χ2n) is 5.38. The van der Waals surface area contributed by atoms with Crippen molar-refractivity contribution in [1.29, 1.82) is 0 Å². The van der Waals surface area contributed by atoms with Crippen LogP contribution in [-0.4, -0.2) is 16.5 Å². The molecule has 0 bridgehead atoms. The molecule has 1 N–H and O–H groups in total. The molecule has 0 saturated carbocycles. The first-order valence-corrected chi connectivity index (χ1v) is 7.69. The zero-order chi connectivity index (χ0) is 13.4. The highest BCUT2D eigenvalue weighted by atomic mass is 35.5. The van der Waals surface area contributed by atoms with Gasteiger partial charge in [0, 0.05) is 33.8 Å². The summed E-state index contributed by atoms with van der Waals surface area (Å²) < 4.78 is 0. The fourth-order valence-electron chi connectivity index (χ4n) is 2.44. The third-order valence-corrected chi connectivity index (χ3v) is 4.34. The molecule has 3 nitrogen and oxygen atoms in total. The monoisotopic (exact) mass is 309 g/mol. The minimum atomic E-state index is 0. The number of aryl methyl sites for hydroxylation is 1. The van der Waals surface area contributed by atoms with Crippen LogP contribution in [-0.2, 0) is 13.0 Å². The third kappa shape index (κ3) is 2.87. The van der Waals surface area contributed by atoms with E-state index in [0.717, 1.165) is 31.0 Å². The second-order valence-corrected chi connectivity index (χ2v) is 6.50. The summed E-state index contributed by atoms with van der Waals surface area (Å²) in [6.45, 7) is 8.34. The largest absolute Gasteiger partial charge is 0.311 e. The van der Waals surface area contributed by atoms with Crippen LogP contribution in [0.15, 0.2) is 11.4 Å². The van der Waals surface area contributed by atoms with Crippen molar-refractivity contribution in [3.63, 3.8) is 0 Å². The predicted octanol–water partition coefficient (Wildman–Crippen LogP) is 3.70. The highest BCUT2D eigenvalue weighted by Gasteiger charge is 2.20. The van der Waals surface area contributed by atoms with Gasteiger partial charge in [-0.1, -0.05) is 13.8 Å². The lowest BCUT2D eigenvalue weighted by Crippen LogP contribution is -2.26. The van der Waals surface area contributed by atoms with E-state index < -0.39 is 0 Å². The van der Waals surface area contributed by atoms with E-state index in [1.807, 2.05) is 0 Å². The van der Waals surface area contributed by atoms with Crippen molar-refractivity contribution in [2.75, 3.05) is 6.54 Å². The fraction of sp³-hybridized carbons (Fsp3) is 0.467. The van der Waals surface area contributed by atoms with Crippen LogP contribution in [0.2, 0.25) is 0 Å². The van der Waals surface area contributed by atoms with Crippen LogP contribution >= 0.6 is 23.7 Å². The van der Waals surface area contributed by atoms with Crippen LogP contribution in [0.3, 0.4) is 0 Å². The quantitative estimate of drug-likeness (QED) is 0.919. The van der Waals surface area contributed by atoms with Crippen LogP contribution in [0.5, 0.6) is 0 Å². The number of nitrogens with zero attached hydrogens (tertiary/aromatic N) is 2. The molecule has 0 amide bonds. The van der Waals surface area contributed by atoms with E-state index >= 15 is 0 Å². The van der Waals surface area contributed by atoms with E-state index in [4.69, 9.17) is 9.97 Å². The summed E-state index contributed by atoms with van der Waals surface area (Å²) in [6.07, 6.45) is 1.03. The third-order valence-electron chi connectivity index (χ3n) is 3.47. The molecule has 1 aliphatic heterocycles. The lowest BCUT2D eigenvalue weighted by molar-refractivity contribution is 0.612. The number of nitrogens with one attached hydrogen (secondary N) is 1. The second kappa shape index (κ2) is 6.20. The highest BCUT2D eigenvalue weighted by Crippen LogP contribution is 2.30. The Bertz CT molecular complexity index is 607. The van der Waals surface area contributed by atoms with Crippen LogP contribution in [0.1, 0.15) is 41.7 Å². The first-order chi connectivity index (χ1) is 9.15. The van der Waals surface area contributed by atoms with Gasteiger partial charge in [0.1, 0.15) is 5.82 Å². The molecule has 0 aliphatic carbocycles. The molecule has 2 aromatic heterocycles. The molecule has 0 atom stereocenters. The number of rotatable bonds is 2. The molecule has 0 radical (unpaired) electrons. The summed E-state index contributed by atoms with van der Waals surface area (Å²) in [5.41, 5.74) is 4.93. The van der Waals surface area contributed by atoms with Crippen LogP contribution < -0.4 is 5.32 Å². The van der Waals surface area contributed by atoms with Gasteiger partial charge in [-0.15, -0.1) is 23.7 Å². The Morgan fingerprint density at radius 1 is 1.30 bits per heavy atom. The fourth-order valence-corrected chi connectivity index (χ4v) is 3.13. The Kier molecular flexibility index (Phi) is 4.78. The number of fused-ring (bicyclic) bond motifs is 1. The van der Waals surface area contributed by atoms with E-state index in [1.165, 1.54) is 21.7 Å². The van der Waals surface area contributed by atoms with Gasteiger partial charge in [-0.2, -0.15) is 0 Å². The Morgan fingerprint density at radius 2 is 2.10 bits per heavy atom. The van der Waals surface area contributed by atoms with E-state index in [0.29, 0.717) is 5.92 Å². The van der Waals surface area contributed by atoms with E-state index in [1.54, 1.807) is 11.3 Å². The molecule has 0 spiro atoms. The topological polar surface area (TPSA) is 37.8 Å². The molecule has 1 aliphatic rings. The Labute approximate surface area is 130 Å². The van der Waals surface area contributed by atoms with E-state index in [2.05, 4.69) is 37.5 Å². The average molecular weight is 310 g/mol. The molecule has 3 heterocycles. The van der Waals surface area contributed by atoms with Crippen molar-refractivity contribution in [1.82, 2.24) is 15.3 Å². The SMILES string of the molecule is Cc1cc(-c2nc(C(C)C)nc3c2CCNC3)cs1.Cl. The number of aromatic nitrogens is 2. The maximum absolute atomic E-state index is 4.84. The average Bonchev–Trinajstić information content (AvgIpc) is 2.84. The van der Waals surface area contributed by atoms with Gasteiger partial charge in [0.15, 0.2) is 0 Å². The van der Waals surface area contributed by atoms with Gasteiger partial charge in [-0.05, 0) is 26.0 Å². The molecular formula is C15H20ClN3S. The van der Waals surface area contributed by atoms with Crippen LogP contribution in [0.25, 0.3) is 11.3 Å². The molecule has 3 rings (SSSR count). The molecule has 0 aromatic carbocycles. The number of hydrogen-bond donors (Lipinski definition) is 1. The highest BCUT2D eigenvalue weighted by molar-refractivity contribution is 7.10. The molecule has 108 valence electrons. The minimum Gasteiger partial charge on any atom is -0.311 e. The Balaban J connectivity index is 0.00000147. The molecule has 20 heavy (non-hydrogen) atoms. The van der Waals surface area contributed by atoms with Gasteiger partial charge in [0.05, 0.1) is 11.4 Å². The minimum absolute atomic E-state index is 0. The number of thiophene rings is 1. The molecule has 0 saturated heterocycles. The van der Waals surface area contributed by atoms with Gasteiger partial charge in [0.25, 0.3) is 0 Å². The van der Waals surface area contributed by atoms with Gasteiger partial charge in [-0.25, -0.2) is 9.97 Å². The molecule has 2 aromatic rings. The summed E-state index contributed by atoms with van der Waals surface area (Å²) >= 11 is 1.79. The molecule has 0 fully saturated rings. The normalized spacial score (nSPS) is 14.0. The first kappa shape index (κ1) is 15.4.